The predicted molar refractivity (Wildman–Crippen MR) is 106 cm³/mol. The zero-order chi connectivity index (χ0) is 18.9. The second-order valence-electron chi connectivity index (χ2n) is 7.04. The summed E-state index contributed by atoms with van der Waals surface area (Å²) in [4.78, 5) is 29.5. The zero-order valence-electron chi connectivity index (χ0n) is 15.4. The van der Waals surface area contributed by atoms with Crippen molar-refractivity contribution in [3.8, 4) is 0 Å². The second-order valence-corrected chi connectivity index (χ2v) is 7.98. The van der Waals surface area contributed by atoms with Crippen molar-refractivity contribution in [3.63, 3.8) is 0 Å². The molecule has 0 aliphatic rings. The Morgan fingerprint density at radius 1 is 1.19 bits per heavy atom. The minimum atomic E-state index is -0.530. The Bertz CT molecular complexity index is 1030. The Kier molecular flexibility index (Phi) is 5.05. The Morgan fingerprint density at radius 3 is 2.46 bits per heavy atom. The Labute approximate surface area is 156 Å². The van der Waals surface area contributed by atoms with Crippen LogP contribution >= 0.6 is 11.8 Å². The van der Waals surface area contributed by atoms with E-state index in [1.165, 1.54) is 11.8 Å². The lowest BCUT2D eigenvalue weighted by Gasteiger charge is -2.19. The van der Waals surface area contributed by atoms with Gasteiger partial charge in [-0.05, 0) is 50.6 Å². The van der Waals surface area contributed by atoms with Crippen molar-refractivity contribution in [2.24, 2.45) is 0 Å². The third kappa shape index (κ3) is 3.90. The highest BCUT2D eigenvalue weighted by Crippen LogP contribution is 2.23. The summed E-state index contributed by atoms with van der Waals surface area (Å²) in [5.74, 6) is -0.207. The van der Waals surface area contributed by atoms with E-state index in [1.807, 2.05) is 64.1 Å². The minimum Gasteiger partial charge on any atom is -0.459 e. The molecule has 6 heteroatoms. The van der Waals surface area contributed by atoms with E-state index < -0.39 is 5.60 Å². The van der Waals surface area contributed by atoms with Crippen LogP contribution in [0.3, 0.4) is 0 Å². The van der Waals surface area contributed by atoms with Crippen LogP contribution in [0, 0.1) is 0 Å². The molecule has 0 N–H and O–H groups in total. The molecule has 0 spiro atoms. The van der Waals surface area contributed by atoms with Gasteiger partial charge in [-0.25, -0.2) is 4.98 Å². The van der Waals surface area contributed by atoms with Gasteiger partial charge in [0.2, 0.25) is 0 Å². The van der Waals surface area contributed by atoms with Crippen LogP contribution in [0.5, 0.6) is 0 Å². The summed E-state index contributed by atoms with van der Waals surface area (Å²) in [5, 5.41) is 3.17. The molecule has 3 rings (SSSR count). The summed E-state index contributed by atoms with van der Waals surface area (Å²) in [6.07, 6.45) is 0. The van der Waals surface area contributed by atoms with Gasteiger partial charge in [0, 0.05) is 6.54 Å². The Morgan fingerprint density at radius 2 is 1.85 bits per heavy atom. The first-order valence-electron chi connectivity index (χ1n) is 8.56. The molecule has 0 saturated carbocycles. The van der Waals surface area contributed by atoms with Crippen LogP contribution in [0.2, 0.25) is 0 Å². The van der Waals surface area contributed by atoms with E-state index in [0.717, 1.165) is 10.8 Å². The number of carbonyl (C=O) groups is 1. The van der Waals surface area contributed by atoms with Crippen molar-refractivity contribution in [1.82, 2.24) is 9.55 Å². The fraction of sp³-hybridized carbons (Fsp3) is 0.350. The molecule has 0 saturated heterocycles. The van der Waals surface area contributed by atoms with Crippen molar-refractivity contribution >= 4 is 39.4 Å². The van der Waals surface area contributed by atoms with Gasteiger partial charge in [-0.2, -0.15) is 0 Å². The predicted octanol–water partition coefficient (Wildman–Crippen LogP) is 4.00. The third-order valence-electron chi connectivity index (χ3n) is 3.84. The van der Waals surface area contributed by atoms with Crippen LogP contribution in [-0.4, -0.2) is 26.9 Å². The molecule has 0 fully saturated rings. The standard InChI is InChI=1S/C20H22N2O3S/c1-5-22-18(24)15-10-13-8-6-7-9-14(13)11-16(15)21-19(22)26-12-17(23)25-20(2,3)4/h6-11H,5,12H2,1-4H3. The van der Waals surface area contributed by atoms with Crippen molar-refractivity contribution in [2.75, 3.05) is 5.75 Å². The van der Waals surface area contributed by atoms with E-state index >= 15 is 0 Å². The number of ether oxygens (including phenoxy) is 1. The molecule has 3 aromatic rings. The van der Waals surface area contributed by atoms with Gasteiger partial charge < -0.3 is 4.74 Å². The molecular weight excluding hydrogens is 348 g/mol. The topological polar surface area (TPSA) is 61.2 Å². The number of carbonyl (C=O) groups excluding carboxylic acids is 1. The maximum Gasteiger partial charge on any atom is 0.316 e. The molecule has 26 heavy (non-hydrogen) atoms. The largest absolute Gasteiger partial charge is 0.459 e. The van der Waals surface area contributed by atoms with Crippen molar-refractivity contribution in [1.29, 1.82) is 0 Å². The summed E-state index contributed by atoms with van der Waals surface area (Å²) < 4.78 is 6.94. The van der Waals surface area contributed by atoms with E-state index in [2.05, 4.69) is 4.98 Å². The quantitative estimate of drug-likeness (QED) is 0.301. The maximum atomic E-state index is 12.9. The SMILES string of the molecule is CCn1c(SCC(=O)OC(C)(C)C)nc2cc3ccccc3cc2c1=O. The lowest BCUT2D eigenvalue weighted by atomic mass is 10.1. The monoisotopic (exact) mass is 370 g/mol. The van der Waals surface area contributed by atoms with Gasteiger partial charge in [0.1, 0.15) is 5.60 Å². The third-order valence-corrected chi connectivity index (χ3v) is 4.79. The molecule has 0 unspecified atom stereocenters. The van der Waals surface area contributed by atoms with Crippen molar-refractivity contribution in [3.05, 3.63) is 46.8 Å². The Balaban J connectivity index is 2.00. The van der Waals surface area contributed by atoms with E-state index in [0.29, 0.717) is 22.6 Å². The molecule has 1 heterocycles. The molecule has 0 bridgehead atoms. The maximum absolute atomic E-state index is 12.9. The number of thioether (sulfide) groups is 1. The van der Waals surface area contributed by atoms with Crippen LogP contribution < -0.4 is 5.56 Å². The van der Waals surface area contributed by atoms with Gasteiger partial charge in [0.05, 0.1) is 16.7 Å². The van der Waals surface area contributed by atoms with Gasteiger partial charge >= 0.3 is 5.97 Å². The number of nitrogens with zero attached hydrogens (tertiary/aromatic N) is 2. The second kappa shape index (κ2) is 7.11. The van der Waals surface area contributed by atoms with Crippen LogP contribution in [0.1, 0.15) is 27.7 Å². The molecule has 5 nitrogen and oxygen atoms in total. The molecule has 0 amide bonds. The number of aromatic nitrogens is 2. The van der Waals surface area contributed by atoms with Crippen LogP contribution in [0.15, 0.2) is 46.3 Å². The normalized spacial score (nSPS) is 11.8. The lowest BCUT2D eigenvalue weighted by Crippen LogP contribution is -2.26. The summed E-state index contributed by atoms with van der Waals surface area (Å²) in [7, 11) is 0. The number of rotatable bonds is 4. The van der Waals surface area contributed by atoms with Crippen LogP contribution in [0.4, 0.5) is 0 Å². The molecule has 2 aromatic carbocycles. The van der Waals surface area contributed by atoms with Gasteiger partial charge in [0.15, 0.2) is 5.16 Å². The highest BCUT2D eigenvalue weighted by molar-refractivity contribution is 7.99. The first-order valence-corrected chi connectivity index (χ1v) is 9.55. The summed E-state index contributed by atoms with van der Waals surface area (Å²) in [6.45, 7) is 7.88. The molecule has 0 atom stereocenters. The van der Waals surface area contributed by atoms with Crippen LogP contribution in [0.25, 0.3) is 21.7 Å². The summed E-state index contributed by atoms with van der Waals surface area (Å²) >= 11 is 1.23. The lowest BCUT2D eigenvalue weighted by molar-refractivity contribution is -0.151. The zero-order valence-corrected chi connectivity index (χ0v) is 16.2. The summed E-state index contributed by atoms with van der Waals surface area (Å²) in [5.41, 5.74) is 0.0256. The highest BCUT2D eigenvalue weighted by Gasteiger charge is 2.18. The minimum absolute atomic E-state index is 0.0880. The highest BCUT2D eigenvalue weighted by atomic mass is 32.2. The average Bonchev–Trinajstić information content (AvgIpc) is 2.57. The summed E-state index contributed by atoms with van der Waals surface area (Å²) in [6, 6.07) is 11.7. The fourth-order valence-electron chi connectivity index (χ4n) is 2.77. The molecule has 0 aliphatic carbocycles. The van der Waals surface area contributed by atoms with Gasteiger partial charge in [-0.1, -0.05) is 36.0 Å². The first-order chi connectivity index (χ1) is 12.3. The first kappa shape index (κ1) is 18.5. The molecule has 0 radical (unpaired) electrons. The van der Waals surface area contributed by atoms with E-state index in [4.69, 9.17) is 4.74 Å². The number of hydrogen-bond donors (Lipinski definition) is 0. The number of benzene rings is 2. The van der Waals surface area contributed by atoms with E-state index in [1.54, 1.807) is 4.57 Å². The molecule has 0 aliphatic heterocycles. The fourth-order valence-corrected chi connectivity index (χ4v) is 3.61. The van der Waals surface area contributed by atoms with E-state index in [9.17, 15) is 9.59 Å². The Hall–Kier alpha value is -2.34. The molecular formula is C20H22N2O3S. The van der Waals surface area contributed by atoms with Crippen LogP contribution in [-0.2, 0) is 16.1 Å². The number of fused-ring (bicyclic) bond motifs is 2. The molecule has 136 valence electrons. The number of esters is 1. The van der Waals surface area contributed by atoms with Gasteiger partial charge in [-0.15, -0.1) is 0 Å². The smallest absolute Gasteiger partial charge is 0.316 e. The number of hydrogen-bond acceptors (Lipinski definition) is 5. The molecule has 1 aromatic heterocycles. The van der Waals surface area contributed by atoms with Crippen molar-refractivity contribution in [2.45, 2.75) is 45.0 Å². The van der Waals surface area contributed by atoms with Gasteiger partial charge in [0.25, 0.3) is 5.56 Å². The van der Waals surface area contributed by atoms with E-state index in [-0.39, 0.29) is 17.3 Å². The van der Waals surface area contributed by atoms with Crippen molar-refractivity contribution < 1.29 is 9.53 Å². The average molecular weight is 370 g/mol. The van der Waals surface area contributed by atoms with Gasteiger partial charge in [-0.3, -0.25) is 14.2 Å².